The number of ether oxygens (including phenoxy) is 1. The van der Waals surface area contributed by atoms with Crippen LogP contribution in [0.2, 0.25) is 0 Å². The lowest BCUT2D eigenvalue weighted by molar-refractivity contribution is -0.0961. The molecule has 0 aliphatic heterocycles. The highest BCUT2D eigenvalue weighted by atomic mass is 127. The molecule has 1 N–H and O–H groups in total. The van der Waals surface area contributed by atoms with E-state index in [1.165, 1.54) is 0 Å². The van der Waals surface area contributed by atoms with Crippen LogP contribution >= 0.6 is 22.6 Å². The molecule has 3 heteroatoms. The van der Waals surface area contributed by atoms with E-state index in [1.807, 2.05) is 29.5 Å². The molecule has 44 valence electrons. The summed E-state index contributed by atoms with van der Waals surface area (Å²) < 4.78 is 3.79. The van der Waals surface area contributed by atoms with Gasteiger partial charge in [0.05, 0.1) is 0 Å². The molecule has 0 saturated carbocycles. The van der Waals surface area contributed by atoms with Gasteiger partial charge in [-0.2, -0.15) is 0 Å². The van der Waals surface area contributed by atoms with Gasteiger partial charge in [-0.1, -0.05) is 0 Å². The van der Waals surface area contributed by atoms with E-state index in [1.54, 1.807) is 6.92 Å². The summed E-state index contributed by atoms with van der Waals surface area (Å²) >= 11 is 1.81. The lowest BCUT2D eigenvalue weighted by atomic mass is 10.7. The van der Waals surface area contributed by atoms with E-state index in [9.17, 15) is 0 Å². The fourth-order valence-corrected chi connectivity index (χ4v) is 0.575. The van der Waals surface area contributed by atoms with Gasteiger partial charge in [-0.3, -0.25) is 0 Å². The van der Waals surface area contributed by atoms with E-state index in [2.05, 4.69) is 0 Å². The second-order valence-corrected chi connectivity index (χ2v) is 3.30. The Morgan fingerprint density at radius 2 is 2.29 bits per heavy atom. The number of halogens is 1. The molecule has 1 unspecified atom stereocenters. The molecule has 0 aromatic carbocycles. The van der Waals surface area contributed by atoms with Crippen LogP contribution in [0, 0.1) is 0 Å². The summed E-state index contributed by atoms with van der Waals surface area (Å²) in [6.45, 7) is 3.99. The Hall–Kier alpha value is 0.650. The molecular formula is C4H9IO2. The molecule has 0 spiro atoms. The molecule has 0 radical (unpaired) electrons. The summed E-state index contributed by atoms with van der Waals surface area (Å²) in [7, 11) is 0. The first-order valence-electron chi connectivity index (χ1n) is 2.11. The molecular weight excluding hydrogens is 207 g/mol. The topological polar surface area (TPSA) is 29.5 Å². The maximum atomic E-state index is 8.78. The zero-order valence-corrected chi connectivity index (χ0v) is 6.60. The van der Waals surface area contributed by atoms with Crippen LogP contribution in [0.5, 0.6) is 0 Å². The van der Waals surface area contributed by atoms with Crippen molar-refractivity contribution in [3.63, 3.8) is 0 Å². The van der Waals surface area contributed by atoms with Crippen LogP contribution in [0.3, 0.4) is 0 Å². The number of alkyl halides is 1. The van der Waals surface area contributed by atoms with Crippen molar-refractivity contribution in [1.82, 2.24) is 0 Å². The standard InChI is InChI=1S/C4H9IO2/c1-3-7-4(2,5)6/h6H,3H2,1-2H3. The third kappa shape index (κ3) is 6.65. The van der Waals surface area contributed by atoms with Gasteiger partial charge in [0.2, 0.25) is 3.79 Å². The maximum Gasteiger partial charge on any atom is 0.215 e. The van der Waals surface area contributed by atoms with Crippen molar-refractivity contribution < 1.29 is 9.84 Å². The van der Waals surface area contributed by atoms with Crippen LogP contribution in [-0.4, -0.2) is 15.5 Å². The zero-order chi connectivity index (χ0) is 5.91. The fraction of sp³-hybridized carbons (Fsp3) is 1.00. The first-order chi connectivity index (χ1) is 3.06. The average molecular weight is 216 g/mol. The predicted octanol–water partition coefficient (Wildman–Crippen LogP) is 1.12. The molecule has 0 heterocycles. The van der Waals surface area contributed by atoms with Gasteiger partial charge in [0, 0.05) is 6.61 Å². The average Bonchev–Trinajstić information content (AvgIpc) is 1.30. The van der Waals surface area contributed by atoms with E-state index in [4.69, 9.17) is 9.84 Å². The Bertz CT molecular complexity index is 48.1. The van der Waals surface area contributed by atoms with E-state index >= 15 is 0 Å². The van der Waals surface area contributed by atoms with Crippen LogP contribution in [-0.2, 0) is 4.74 Å². The summed E-state index contributed by atoms with van der Waals surface area (Å²) in [5.41, 5.74) is 0. The van der Waals surface area contributed by atoms with Crippen molar-refractivity contribution in [2.24, 2.45) is 0 Å². The zero-order valence-electron chi connectivity index (χ0n) is 4.44. The molecule has 0 fully saturated rings. The number of aliphatic hydroxyl groups is 1. The first-order valence-corrected chi connectivity index (χ1v) is 3.19. The van der Waals surface area contributed by atoms with Crippen LogP contribution in [0.1, 0.15) is 13.8 Å². The fourth-order valence-electron chi connectivity index (χ4n) is 0.263. The lowest BCUT2D eigenvalue weighted by Crippen LogP contribution is -2.18. The number of hydrogen-bond donors (Lipinski definition) is 1. The first kappa shape index (κ1) is 7.65. The van der Waals surface area contributed by atoms with Crippen molar-refractivity contribution in [2.45, 2.75) is 17.6 Å². The number of rotatable bonds is 2. The Morgan fingerprint density at radius 3 is 2.29 bits per heavy atom. The van der Waals surface area contributed by atoms with Gasteiger partial charge in [0.25, 0.3) is 0 Å². The molecule has 0 bridgehead atoms. The van der Waals surface area contributed by atoms with Gasteiger partial charge in [-0.05, 0) is 36.4 Å². The van der Waals surface area contributed by atoms with Gasteiger partial charge >= 0.3 is 0 Å². The number of hydrogen-bond acceptors (Lipinski definition) is 2. The predicted molar refractivity (Wildman–Crippen MR) is 36.3 cm³/mol. The van der Waals surface area contributed by atoms with E-state index in [0.29, 0.717) is 6.61 Å². The molecule has 0 rings (SSSR count). The molecule has 0 aromatic rings. The van der Waals surface area contributed by atoms with Crippen LogP contribution in [0.4, 0.5) is 0 Å². The van der Waals surface area contributed by atoms with Crippen molar-refractivity contribution in [2.75, 3.05) is 6.61 Å². The minimum atomic E-state index is -0.980. The van der Waals surface area contributed by atoms with Crippen LogP contribution < -0.4 is 0 Å². The summed E-state index contributed by atoms with van der Waals surface area (Å²) in [6, 6.07) is 0. The molecule has 0 aliphatic carbocycles. The Labute approximate surface area is 57.0 Å². The summed E-state index contributed by atoms with van der Waals surface area (Å²) in [6.07, 6.45) is 0. The second kappa shape index (κ2) is 2.84. The molecule has 0 aliphatic rings. The second-order valence-electron chi connectivity index (χ2n) is 1.30. The normalized spacial score (nSPS) is 18.9. The van der Waals surface area contributed by atoms with Crippen molar-refractivity contribution in [3.05, 3.63) is 0 Å². The molecule has 1 atom stereocenters. The lowest BCUT2D eigenvalue weighted by Gasteiger charge is -2.13. The van der Waals surface area contributed by atoms with Crippen molar-refractivity contribution in [1.29, 1.82) is 0 Å². The molecule has 0 aromatic heterocycles. The van der Waals surface area contributed by atoms with Crippen molar-refractivity contribution in [3.8, 4) is 0 Å². The van der Waals surface area contributed by atoms with E-state index in [0.717, 1.165) is 0 Å². The SMILES string of the molecule is CCOC(C)(O)I. The van der Waals surface area contributed by atoms with E-state index < -0.39 is 3.79 Å². The highest BCUT2D eigenvalue weighted by Crippen LogP contribution is 2.13. The largest absolute Gasteiger partial charge is 0.358 e. The van der Waals surface area contributed by atoms with Crippen LogP contribution in [0.25, 0.3) is 0 Å². The maximum absolute atomic E-state index is 8.78. The summed E-state index contributed by atoms with van der Waals surface area (Å²) in [4.78, 5) is 0. The quantitative estimate of drug-likeness (QED) is 0.425. The van der Waals surface area contributed by atoms with Crippen LogP contribution in [0.15, 0.2) is 0 Å². The van der Waals surface area contributed by atoms with E-state index in [-0.39, 0.29) is 0 Å². The van der Waals surface area contributed by atoms with Gasteiger partial charge in [0.1, 0.15) is 0 Å². The Kier molecular flexibility index (Phi) is 3.10. The minimum absolute atomic E-state index is 0.552. The third-order valence-corrected chi connectivity index (χ3v) is 0.719. The molecule has 0 saturated heterocycles. The Balaban J connectivity index is 3.15. The third-order valence-electron chi connectivity index (χ3n) is 0.408. The molecule has 2 nitrogen and oxygen atoms in total. The van der Waals surface area contributed by atoms with Gasteiger partial charge in [0.15, 0.2) is 0 Å². The van der Waals surface area contributed by atoms with Gasteiger partial charge in [-0.15, -0.1) is 0 Å². The monoisotopic (exact) mass is 216 g/mol. The summed E-state index contributed by atoms with van der Waals surface area (Å²) in [5.74, 6) is 0. The molecule has 7 heavy (non-hydrogen) atoms. The van der Waals surface area contributed by atoms with Gasteiger partial charge < -0.3 is 9.84 Å². The highest BCUT2D eigenvalue weighted by Gasteiger charge is 2.11. The van der Waals surface area contributed by atoms with Gasteiger partial charge in [-0.25, -0.2) is 0 Å². The highest BCUT2D eigenvalue weighted by molar-refractivity contribution is 14.1. The summed E-state index contributed by atoms with van der Waals surface area (Å²) in [5, 5.41) is 8.78. The smallest absolute Gasteiger partial charge is 0.215 e. The molecule has 0 amide bonds. The van der Waals surface area contributed by atoms with Crippen molar-refractivity contribution >= 4 is 22.6 Å². The minimum Gasteiger partial charge on any atom is -0.358 e. The Morgan fingerprint density at radius 1 is 1.86 bits per heavy atom.